The van der Waals surface area contributed by atoms with Gasteiger partial charge in [0, 0.05) is 12.8 Å². The molecule has 0 amide bonds. The first-order valence-electron chi connectivity index (χ1n) is 7.16. The van der Waals surface area contributed by atoms with Crippen molar-refractivity contribution in [1.82, 2.24) is 9.55 Å². The Morgan fingerprint density at radius 1 is 1.18 bits per heavy atom. The molecule has 0 fully saturated rings. The number of aliphatic hydroxyl groups excluding tert-OH is 1. The van der Waals surface area contributed by atoms with Gasteiger partial charge in [0.15, 0.2) is 17.4 Å². The first-order valence-corrected chi connectivity index (χ1v) is 7.16. The summed E-state index contributed by atoms with van der Waals surface area (Å²) in [6.45, 7) is -0.421. The highest BCUT2D eigenvalue weighted by atomic mass is 19.1. The minimum atomic E-state index is -0.901. The Morgan fingerprint density at radius 3 is 2.41 bits per heavy atom. The van der Waals surface area contributed by atoms with Gasteiger partial charge in [-0.1, -0.05) is 19.3 Å². The van der Waals surface area contributed by atoms with Gasteiger partial charge in [0.1, 0.15) is 6.61 Å². The molecule has 0 atom stereocenters. The quantitative estimate of drug-likeness (QED) is 0.654. The number of aliphatic hydroxyl groups is 1. The fourth-order valence-corrected chi connectivity index (χ4v) is 1.95. The predicted molar refractivity (Wildman–Crippen MR) is 77.9 cm³/mol. The van der Waals surface area contributed by atoms with E-state index >= 15 is 0 Å². The minimum Gasteiger partial charge on any atom is -0.389 e. The second-order valence-electron chi connectivity index (χ2n) is 4.98. The molecular formula is C14H20FN3O4. The van der Waals surface area contributed by atoms with Gasteiger partial charge >= 0.3 is 5.69 Å². The molecule has 7 nitrogen and oxygen atoms in total. The molecule has 0 saturated carbocycles. The van der Waals surface area contributed by atoms with E-state index in [9.17, 15) is 18.8 Å². The zero-order valence-electron chi connectivity index (χ0n) is 12.3. The molecule has 1 heterocycles. The van der Waals surface area contributed by atoms with Crippen LogP contribution in [-0.2, 0) is 4.79 Å². The molecule has 8 heteroatoms. The summed E-state index contributed by atoms with van der Waals surface area (Å²) in [5.74, 6) is -2.12. The number of nitrogens with two attached hydrogens (primary N) is 1. The lowest BCUT2D eigenvalue weighted by Gasteiger charge is -2.05. The number of aromatic nitrogens is 2. The number of carbonyl (C=O) groups is 2. The first-order chi connectivity index (χ1) is 10.5. The normalized spacial score (nSPS) is 10.6. The Hall–Kier alpha value is -2.09. The van der Waals surface area contributed by atoms with Gasteiger partial charge in [-0.2, -0.15) is 4.98 Å². The van der Waals surface area contributed by atoms with Crippen LogP contribution in [0.2, 0.25) is 0 Å². The first kappa shape index (κ1) is 18.0. The third-order valence-corrected chi connectivity index (χ3v) is 3.20. The molecule has 122 valence electrons. The molecule has 1 rings (SSSR count). The van der Waals surface area contributed by atoms with Crippen LogP contribution in [0.15, 0.2) is 11.0 Å². The summed E-state index contributed by atoms with van der Waals surface area (Å²) < 4.78 is 13.8. The fraction of sp³-hybridized carbons (Fsp3) is 0.571. The van der Waals surface area contributed by atoms with Gasteiger partial charge in [0.2, 0.25) is 5.91 Å². The van der Waals surface area contributed by atoms with Crippen molar-refractivity contribution in [3.05, 3.63) is 22.5 Å². The van der Waals surface area contributed by atoms with Crippen LogP contribution in [0.5, 0.6) is 0 Å². The van der Waals surface area contributed by atoms with Crippen LogP contribution in [0.4, 0.5) is 10.2 Å². The van der Waals surface area contributed by atoms with Crippen LogP contribution >= 0.6 is 0 Å². The number of hydrogen-bond donors (Lipinski definition) is 2. The number of carbonyl (C=O) groups excluding carboxylic acids is 2. The summed E-state index contributed by atoms with van der Waals surface area (Å²) in [7, 11) is 0. The van der Waals surface area contributed by atoms with E-state index in [1.807, 2.05) is 0 Å². The van der Waals surface area contributed by atoms with E-state index in [0.717, 1.165) is 25.5 Å². The molecular weight excluding hydrogens is 293 g/mol. The average molecular weight is 313 g/mol. The molecule has 1 aromatic heterocycles. The Labute approximate surface area is 127 Å². The van der Waals surface area contributed by atoms with Crippen LogP contribution in [0.1, 0.15) is 49.7 Å². The Bertz CT molecular complexity index is 586. The average Bonchev–Trinajstić information content (AvgIpc) is 2.49. The number of ketones is 1. The highest BCUT2D eigenvalue weighted by molar-refractivity contribution is 5.79. The fourth-order valence-electron chi connectivity index (χ4n) is 1.95. The van der Waals surface area contributed by atoms with Crippen LogP contribution in [0, 0.1) is 5.82 Å². The maximum Gasteiger partial charge on any atom is 0.356 e. The Kier molecular flexibility index (Phi) is 7.38. The lowest BCUT2D eigenvalue weighted by Crippen LogP contribution is -2.29. The molecule has 0 unspecified atom stereocenters. The highest BCUT2D eigenvalue weighted by Crippen LogP contribution is 2.09. The summed E-state index contributed by atoms with van der Waals surface area (Å²) >= 11 is 0. The maximum absolute atomic E-state index is 13.2. The second kappa shape index (κ2) is 9.04. The zero-order valence-corrected chi connectivity index (χ0v) is 12.3. The highest BCUT2D eigenvalue weighted by Gasteiger charge is 2.11. The van der Waals surface area contributed by atoms with Gasteiger partial charge in [-0.15, -0.1) is 0 Å². The molecule has 0 saturated heterocycles. The summed E-state index contributed by atoms with van der Waals surface area (Å²) in [6.07, 6.45) is 4.94. The number of halogens is 1. The number of unbranched alkanes of at least 4 members (excludes halogenated alkanes) is 4. The van der Waals surface area contributed by atoms with Crippen molar-refractivity contribution in [3.63, 3.8) is 0 Å². The third kappa shape index (κ3) is 5.72. The van der Waals surface area contributed by atoms with Crippen LogP contribution in [-0.4, -0.2) is 33.0 Å². The molecule has 0 aliphatic heterocycles. The van der Waals surface area contributed by atoms with Gasteiger partial charge in [-0.3, -0.25) is 9.59 Å². The molecule has 3 N–H and O–H groups in total. The van der Waals surface area contributed by atoms with Crippen molar-refractivity contribution in [2.75, 3.05) is 12.3 Å². The summed E-state index contributed by atoms with van der Waals surface area (Å²) in [6, 6.07) is 0. The van der Waals surface area contributed by atoms with E-state index < -0.39 is 29.8 Å². The van der Waals surface area contributed by atoms with Gasteiger partial charge in [-0.25, -0.2) is 13.8 Å². The van der Waals surface area contributed by atoms with E-state index in [1.165, 1.54) is 0 Å². The zero-order chi connectivity index (χ0) is 16.5. The molecule has 0 radical (unpaired) electrons. The topological polar surface area (TPSA) is 115 Å². The van der Waals surface area contributed by atoms with E-state index in [1.54, 1.807) is 0 Å². The van der Waals surface area contributed by atoms with E-state index in [4.69, 9.17) is 10.8 Å². The summed E-state index contributed by atoms with van der Waals surface area (Å²) in [4.78, 5) is 37.3. The standard InChI is InChI=1S/C14H20FN3O4/c15-11-8-18(14(22)17-13(11)16)12(21)7-5-3-1-2-4-6-10(20)9-19/h8,19H,1-7,9H2,(H2,16,17,22). The van der Waals surface area contributed by atoms with Crippen molar-refractivity contribution in [2.24, 2.45) is 0 Å². The van der Waals surface area contributed by atoms with Crippen molar-refractivity contribution in [2.45, 2.75) is 44.9 Å². The van der Waals surface area contributed by atoms with Crippen molar-refractivity contribution in [1.29, 1.82) is 0 Å². The number of anilines is 1. The number of nitrogen functional groups attached to an aromatic ring is 1. The van der Waals surface area contributed by atoms with Gasteiger partial charge in [-0.05, 0) is 12.8 Å². The number of nitrogens with zero attached hydrogens (tertiary/aromatic N) is 2. The van der Waals surface area contributed by atoms with Crippen LogP contribution < -0.4 is 11.4 Å². The summed E-state index contributed by atoms with van der Waals surface area (Å²) in [5, 5.41) is 8.55. The molecule has 0 bridgehead atoms. The monoisotopic (exact) mass is 313 g/mol. The number of Topliss-reactive ketones (excluding diaryl/α,β-unsaturated/α-hetero) is 1. The molecule has 1 aromatic rings. The van der Waals surface area contributed by atoms with E-state index in [0.29, 0.717) is 23.8 Å². The minimum absolute atomic E-state index is 0.112. The van der Waals surface area contributed by atoms with Gasteiger partial charge in [0.05, 0.1) is 6.20 Å². The molecule has 0 aliphatic rings. The van der Waals surface area contributed by atoms with Crippen molar-refractivity contribution >= 4 is 17.5 Å². The molecule has 22 heavy (non-hydrogen) atoms. The smallest absolute Gasteiger partial charge is 0.356 e. The Balaban J connectivity index is 2.28. The predicted octanol–water partition coefficient (Wildman–Crippen LogP) is 0.897. The molecule has 0 aromatic carbocycles. The van der Waals surface area contributed by atoms with E-state index in [-0.39, 0.29) is 12.2 Å². The lowest BCUT2D eigenvalue weighted by molar-refractivity contribution is -0.121. The number of hydrogen-bond acceptors (Lipinski definition) is 6. The Morgan fingerprint density at radius 2 is 1.77 bits per heavy atom. The lowest BCUT2D eigenvalue weighted by atomic mass is 10.1. The third-order valence-electron chi connectivity index (χ3n) is 3.20. The molecule has 0 spiro atoms. The second-order valence-corrected chi connectivity index (χ2v) is 4.98. The summed E-state index contributed by atoms with van der Waals surface area (Å²) in [5.41, 5.74) is 4.26. The maximum atomic E-state index is 13.2. The van der Waals surface area contributed by atoms with Crippen molar-refractivity contribution in [3.8, 4) is 0 Å². The van der Waals surface area contributed by atoms with Crippen LogP contribution in [0.3, 0.4) is 0 Å². The largest absolute Gasteiger partial charge is 0.389 e. The van der Waals surface area contributed by atoms with Gasteiger partial charge in [0.25, 0.3) is 0 Å². The SMILES string of the molecule is Nc1nc(=O)n(C(=O)CCCCCCCC(=O)CO)cc1F. The van der Waals surface area contributed by atoms with Gasteiger partial charge < -0.3 is 10.8 Å². The number of rotatable bonds is 9. The molecule has 0 aliphatic carbocycles. The van der Waals surface area contributed by atoms with E-state index in [2.05, 4.69) is 4.98 Å². The van der Waals surface area contributed by atoms with Crippen molar-refractivity contribution < 1.29 is 19.1 Å². The van der Waals surface area contributed by atoms with Crippen LogP contribution in [0.25, 0.3) is 0 Å².